The van der Waals surface area contributed by atoms with Crippen molar-refractivity contribution in [1.82, 2.24) is 63.1 Å². The Bertz CT molecular complexity index is 2640. The van der Waals surface area contributed by atoms with Gasteiger partial charge in [0.05, 0.1) is 25.7 Å². The smallest absolute Gasteiger partial charge is 0.326 e. The largest absolute Gasteiger partial charge is 0.480 e. The zero-order chi connectivity index (χ0) is 62.5. The third-order valence-electron chi connectivity index (χ3n) is 13.1. The first-order chi connectivity index (χ1) is 39.9. The molecule has 1 aromatic heterocycles. The number of aromatic amines is 1. The van der Waals surface area contributed by atoms with Gasteiger partial charge >= 0.3 is 5.97 Å². The number of H-pyrrole nitrogens is 1. The molecule has 84 heavy (non-hydrogen) atoms. The lowest BCUT2D eigenvalue weighted by atomic mass is 10.0. The molecular formula is C51H81N17O13S3. The van der Waals surface area contributed by atoms with E-state index < -0.39 is 145 Å². The predicted octanol–water partition coefficient (Wildman–Crippen LogP) is -5.31. The first-order valence-electron chi connectivity index (χ1n) is 27.2. The van der Waals surface area contributed by atoms with E-state index in [4.69, 9.17) is 22.9 Å². The Labute approximate surface area is 501 Å². The molecule has 1 aliphatic rings. The number of amides is 11. The highest BCUT2D eigenvalue weighted by molar-refractivity contribution is 7.98. The molecule has 1 saturated heterocycles. The maximum absolute atomic E-state index is 14.0. The van der Waals surface area contributed by atoms with Gasteiger partial charge in [0.1, 0.15) is 48.3 Å². The van der Waals surface area contributed by atoms with Crippen LogP contribution in [0.4, 0.5) is 0 Å². The molecule has 33 heteroatoms. The number of hydrogen-bond acceptors (Lipinski definition) is 18. The minimum Gasteiger partial charge on any atom is -0.480 e. The molecule has 0 radical (unpaired) electrons. The van der Waals surface area contributed by atoms with E-state index in [2.05, 4.69) is 88.4 Å². The van der Waals surface area contributed by atoms with Crippen LogP contribution < -0.4 is 76.1 Å². The van der Waals surface area contributed by atoms with Crippen molar-refractivity contribution in [2.75, 3.05) is 62.8 Å². The number of carbonyl (C=O) groups is 12. The number of thiol groups is 2. The standard InChI is InChI=1S/C51H81N17O13S3/c1-27(53)42(72)63-33(15-19-84-3)47(77)66-36(25-82)45(75)60-24-41(71)68-18-9-14-38(68)49(79)64-32(13-8-17-56-51(54)55)46(76)67-37(26-83)48(78)61-28(2)43(73)65-35(20-29-21-57-31-11-5-4-10-30(29)31)44(74)59-22-39(69)58-23-40(70)62-34(50(80)81)12-6-7-16-52/h4-5,10-11,21,27-28,32-38,57,82-83H,6-9,12-20,22-26,52-53H2,1-3H3,(H,58,69)(H,59,74)(H,60,75)(H,61,78)(H,62,70)(H,63,72)(H,64,79)(H,65,73)(H,66,77)(H,67,76)(H,80,81)(H4,54,55,56)/t27-,28-,32-,33-,34-,35-,36-,37-,38-/m0/s1. The summed E-state index contributed by atoms with van der Waals surface area (Å²) in [5.41, 5.74) is 23.5. The molecule has 30 nitrogen and oxygen atoms in total. The fourth-order valence-electron chi connectivity index (χ4n) is 8.44. The molecule has 0 bridgehead atoms. The maximum Gasteiger partial charge on any atom is 0.326 e. The van der Waals surface area contributed by atoms with Crippen molar-refractivity contribution in [3.63, 3.8) is 0 Å². The Morgan fingerprint density at radius 3 is 1.90 bits per heavy atom. The molecule has 1 aliphatic heterocycles. The number of carboxylic acid groups (broad SMARTS) is 1. The van der Waals surface area contributed by atoms with Crippen LogP contribution in [0.15, 0.2) is 35.5 Å². The summed E-state index contributed by atoms with van der Waals surface area (Å²) in [4.78, 5) is 167. The number of carboxylic acids is 1. The molecule has 0 aliphatic carbocycles. The Balaban J connectivity index is 1.68. The van der Waals surface area contributed by atoms with Gasteiger partial charge in [-0.25, -0.2) is 4.79 Å². The monoisotopic (exact) mass is 1240 g/mol. The Morgan fingerprint density at radius 2 is 1.27 bits per heavy atom. The summed E-state index contributed by atoms with van der Waals surface area (Å²) in [7, 11) is 0. The van der Waals surface area contributed by atoms with Crippen LogP contribution in [-0.4, -0.2) is 209 Å². The van der Waals surface area contributed by atoms with Crippen molar-refractivity contribution in [3.05, 3.63) is 36.0 Å². The Hall–Kier alpha value is -7.36. The van der Waals surface area contributed by atoms with Crippen LogP contribution in [0.1, 0.15) is 70.8 Å². The van der Waals surface area contributed by atoms with Crippen molar-refractivity contribution in [2.45, 2.75) is 126 Å². The van der Waals surface area contributed by atoms with Gasteiger partial charge in [-0.3, -0.25) is 57.7 Å². The number of carbonyl (C=O) groups excluding carboxylic acids is 11. The van der Waals surface area contributed by atoms with Gasteiger partial charge < -0.3 is 91.1 Å². The molecule has 1 aromatic carbocycles. The van der Waals surface area contributed by atoms with Crippen LogP contribution in [-0.2, 0) is 64.0 Å². The Kier molecular flexibility index (Phi) is 31.3. The van der Waals surface area contributed by atoms with E-state index in [0.717, 1.165) is 10.9 Å². The minimum absolute atomic E-state index is 0.0465. The summed E-state index contributed by atoms with van der Waals surface area (Å²) in [5.74, 6) is -9.80. The number of hydrogen-bond donors (Lipinski definition) is 18. The first-order valence-corrected chi connectivity index (χ1v) is 29.8. The number of para-hydroxylation sites is 1. The zero-order valence-electron chi connectivity index (χ0n) is 47.2. The van der Waals surface area contributed by atoms with Crippen molar-refractivity contribution < 1.29 is 62.6 Å². The minimum atomic E-state index is -1.40. The van der Waals surface area contributed by atoms with E-state index in [9.17, 15) is 62.6 Å². The van der Waals surface area contributed by atoms with E-state index in [1.165, 1.54) is 30.5 Å². The van der Waals surface area contributed by atoms with E-state index >= 15 is 0 Å². The molecule has 0 unspecified atom stereocenters. The van der Waals surface area contributed by atoms with Crippen LogP contribution in [0.3, 0.4) is 0 Å². The third-order valence-corrected chi connectivity index (χ3v) is 14.5. The number of fused-ring (bicyclic) bond motifs is 1. The topological polar surface area (TPSA) is 481 Å². The molecule has 3 rings (SSSR count). The van der Waals surface area contributed by atoms with Gasteiger partial charge in [-0.15, -0.1) is 0 Å². The number of rotatable bonds is 37. The van der Waals surface area contributed by atoms with E-state index in [1.807, 2.05) is 6.26 Å². The average molecular weight is 1240 g/mol. The van der Waals surface area contributed by atoms with E-state index in [0.29, 0.717) is 37.1 Å². The summed E-state index contributed by atoms with van der Waals surface area (Å²) in [6, 6.07) is -3.67. The molecule has 0 spiro atoms. The van der Waals surface area contributed by atoms with Gasteiger partial charge in [-0.2, -0.15) is 37.0 Å². The highest BCUT2D eigenvalue weighted by atomic mass is 32.2. The van der Waals surface area contributed by atoms with Gasteiger partial charge in [0.2, 0.25) is 65.0 Å². The second-order valence-electron chi connectivity index (χ2n) is 19.7. The molecule has 2 heterocycles. The first kappa shape index (κ1) is 70.9. The molecule has 9 atom stereocenters. The fourth-order valence-corrected chi connectivity index (χ4v) is 9.43. The number of benzene rings is 1. The lowest BCUT2D eigenvalue weighted by Gasteiger charge is -2.28. The summed E-state index contributed by atoms with van der Waals surface area (Å²) < 4.78 is 0. The van der Waals surface area contributed by atoms with Crippen LogP contribution in [0, 0.1) is 0 Å². The number of aromatic nitrogens is 1. The van der Waals surface area contributed by atoms with Crippen molar-refractivity contribution in [1.29, 1.82) is 0 Å². The van der Waals surface area contributed by atoms with Gasteiger partial charge in [0.15, 0.2) is 5.96 Å². The van der Waals surface area contributed by atoms with Gasteiger partial charge in [-0.1, -0.05) is 18.2 Å². The number of nitrogens with two attached hydrogens (primary N) is 4. The lowest BCUT2D eigenvalue weighted by molar-refractivity contribution is -0.142. The van der Waals surface area contributed by atoms with Crippen molar-refractivity contribution >= 4 is 125 Å². The second kappa shape index (κ2) is 37.1. The second-order valence-corrected chi connectivity index (χ2v) is 21.4. The summed E-state index contributed by atoms with van der Waals surface area (Å²) in [6.07, 6.45) is 5.40. The molecule has 466 valence electrons. The van der Waals surface area contributed by atoms with E-state index in [1.54, 1.807) is 30.5 Å². The van der Waals surface area contributed by atoms with Crippen LogP contribution in [0.25, 0.3) is 10.9 Å². The number of nitrogens with one attached hydrogen (secondary N) is 11. The number of unbranched alkanes of at least 4 members (excludes halogenated alkanes) is 1. The van der Waals surface area contributed by atoms with Crippen molar-refractivity contribution in [2.24, 2.45) is 27.9 Å². The van der Waals surface area contributed by atoms with Crippen LogP contribution in [0.5, 0.6) is 0 Å². The summed E-state index contributed by atoms with van der Waals surface area (Å²) in [5, 5.41) is 35.2. The van der Waals surface area contributed by atoms with Gasteiger partial charge in [0, 0.05) is 48.1 Å². The number of guanidine groups is 1. The normalized spacial score (nSPS) is 15.7. The number of aliphatic carboxylic acids is 1. The Morgan fingerprint density at radius 1 is 0.690 bits per heavy atom. The number of likely N-dealkylation sites (tertiary alicyclic amines) is 1. The molecule has 0 saturated carbocycles. The predicted molar refractivity (Wildman–Crippen MR) is 320 cm³/mol. The molecule has 1 fully saturated rings. The third kappa shape index (κ3) is 24.1. The molecule has 20 N–H and O–H groups in total. The highest BCUT2D eigenvalue weighted by Crippen LogP contribution is 2.20. The zero-order valence-corrected chi connectivity index (χ0v) is 49.8. The van der Waals surface area contributed by atoms with Crippen molar-refractivity contribution in [3.8, 4) is 0 Å². The molecular weight excluding hydrogens is 1150 g/mol. The average Bonchev–Trinajstić information content (AvgIpc) is 4.32. The lowest BCUT2D eigenvalue weighted by Crippen LogP contribution is -2.59. The van der Waals surface area contributed by atoms with Gasteiger partial charge in [0.25, 0.3) is 0 Å². The molecule has 11 amide bonds. The number of nitrogens with zero attached hydrogens (tertiary/aromatic N) is 2. The van der Waals surface area contributed by atoms with Gasteiger partial charge in [-0.05, 0) is 95.4 Å². The SMILES string of the molecule is CSCC[C@H](NC(=O)[C@H](C)N)C(=O)N[C@@H](CS)C(=O)NCC(=O)N1CCC[C@H]1C(=O)N[C@@H](CCCN=C(N)N)C(=O)N[C@@H](CS)C(=O)N[C@@H](C)C(=O)N[C@@H](Cc1c[nH]c2ccccc12)C(=O)NCC(=O)NCC(=O)N[C@@H](CCCCN)C(=O)O. The highest BCUT2D eigenvalue weighted by Gasteiger charge is 2.37. The van der Waals surface area contributed by atoms with Crippen LogP contribution >= 0.6 is 37.0 Å². The number of thioether (sulfide) groups is 1. The van der Waals surface area contributed by atoms with Crippen LogP contribution in [0.2, 0.25) is 0 Å². The van der Waals surface area contributed by atoms with E-state index in [-0.39, 0.29) is 69.1 Å². The summed E-state index contributed by atoms with van der Waals surface area (Å²) in [6.45, 7) is 1.47. The summed E-state index contributed by atoms with van der Waals surface area (Å²) >= 11 is 9.90. The fraction of sp³-hybridized carbons (Fsp3) is 0.588. The maximum atomic E-state index is 14.0. The number of aliphatic imine (C=N–C) groups is 1. The molecule has 2 aromatic rings. The quantitative estimate of drug-likeness (QED) is 0.0130.